The quantitative estimate of drug-likeness (QED) is 0.379. The fourth-order valence-electron chi connectivity index (χ4n) is 3.70. The summed E-state index contributed by atoms with van der Waals surface area (Å²) in [6.45, 7) is 5.61. The van der Waals surface area contributed by atoms with Crippen LogP contribution in [0, 0.1) is 20.8 Å². The van der Waals surface area contributed by atoms with Gasteiger partial charge in [0.25, 0.3) is 0 Å². The molecule has 1 unspecified atom stereocenters. The fourth-order valence-corrected chi connectivity index (χ4v) is 5.09. The highest BCUT2D eigenvalue weighted by atomic mass is 31.1. The molecule has 0 fully saturated rings. The van der Waals surface area contributed by atoms with E-state index in [0.29, 0.717) is 22.6 Å². The largest absolute Gasteiger partial charge is 0.497 e. The molecule has 0 saturated carbocycles. The molecule has 1 radical (unpaired) electrons. The Balaban J connectivity index is 2.06. The van der Waals surface area contributed by atoms with Crippen LogP contribution < -0.4 is 14.8 Å². The van der Waals surface area contributed by atoms with Crippen molar-refractivity contribution < 1.29 is 23.6 Å². The van der Waals surface area contributed by atoms with E-state index in [1.54, 1.807) is 42.5 Å². The summed E-state index contributed by atoms with van der Waals surface area (Å²) in [6.07, 6.45) is 0. The molecule has 0 aliphatic carbocycles. The lowest BCUT2D eigenvalue weighted by Gasteiger charge is -2.13. The molecule has 5 nitrogen and oxygen atoms in total. The van der Waals surface area contributed by atoms with Gasteiger partial charge in [0.15, 0.2) is 13.6 Å². The minimum atomic E-state index is -2.50. The van der Waals surface area contributed by atoms with Gasteiger partial charge in [-0.2, -0.15) is 0 Å². The molecule has 1 atom stereocenters. The highest BCUT2D eigenvalue weighted by molar-refractivity contribution is 7.71. The van der Waals surface area contributed by atoms with Gasteiger partial charge in [-0.25, -0.2) is 0 Å². The van der Waals surface area contributed by atoms with Gasteiger partial charge >= 0.3 is 0 Å². The predicted molar refractivity (Wildman–Crippen MR) is 122 cm³/mol. The number of carbonyl (C=O) groups is 2. The van der Waals surface area contributed by atoms with Gasteiger partial charge in [0.2, 0.25) is 5.52 Å². The lowest BCUT2D eigenvalue weighted by atomic mass is 10.0. The van der Waals surface area contributed by atoms with E-state index in [4.69, 9.17) is 9.47 Å². The smallest absolute Gasteiger partial charge is 0.247 e. The van der Waals surface area contributed by atoms with Crippen LogP contribution in [0.2, 0.25) is 0 Å². The van der Waals surface area contributed by atoms with Gasteiger partial charge in [0.1, 0.15) is 11.5 Å². The second-order valence-electron chi connectivity index (χ2n) is 7.29. The van der Waals surface area contributed by atoms with E-state index in [1.165, 1.54) is 14.2 Å². The molecule has 159 valence electrons. The SMILES string of the molecule is COc1ccc(C(=O)c2ccccc2[P](=O)C(=O)c2c(C)cc(C)cc2C)c(OC)c1. The summed E-state index contributed by atoms with van der Waals surface area (Å²) in [6, 6.07) is 15.2. The Morgan fingerprint density at radius 1 is 0.806 bits per heavy atom. The van der Waals surface area contributed by atoms with Crippen LogP contribution in [0.15, 0.2) is 54.6 Å². The number of hydrogen-bond donors (Lipinski definition) is 0. The van der Waals surface area contributed by atoms with E-state index < -0.39 is 13.3 Å². The number of ether oxygens (including phenoxy) is 2. The predicted octanol–water partition coefficient (Wildman–Crippen LogP) is 5.15. The van der Waals surface area contributed by atoms with Crippen LogP contribution in [0.25, 0.3) is 0 Å². The number of hydrogen-bond acceptors (Lipinski definition) is 5. The number of benzene rings is 3. The standard InChI is InChI=1S/C25H24O5P/c1-15-12-16(2)23(17(3)13-15)25(27)31(28)22-9-7-6-8-20(22)24(26)19-11-10-18(29-4)14-21(19)30-5/h6-14H,1-5H3. The second kappa shape index (κ2) is 9.23. The van der Waals surface area contributed by atoms with Crippen molar-refractivity contribution in [3.8, 4) is 11.5 Å². The Morgan fingerprint density at radius 2 is 1.45 bits per heavy atom. The minimum Gasteiger partial charge on any atom is -0.497 e. The molecule has 3 aromatic carbocycles. The Kier molecular flexibility index (Phi) is 6.67. The van der Waals surface area contributed by atoms with Gasteiger partial charge in [-0.1, -0.05) is 29.8 Å². The van der Waals surface area contributed by atoms with Crippen LogP contribution in [-0.2, 0) is 4.57 Å². The molecule has 0 aromatic heterocycles. The lowest BCUT2D eigenvalue weighted by molar-refractivity contribution is 0.103. The molecule has 3 rings (SSSR count). The molecule has 0 aliphatic heterocycles. The molecule has 0 bridgehead atoms. The van der Waals surface area contributed by atoms with Crippen LogP contribution in [0.4, 0.5) is 0 Å². The average molecular weight is 435 g/mol. The normalized spacial score (nSPS) is 11.1. The highest BCUT2D eigenvalue weighted by Gasteiger charge is 2.27. The van der Waals surface area contributed by atoms with E-state index in [1.807, 2.05) is 32.9 Å². The van der Waals surface area contributed by atoms with Crippen molar-refractivity contribution in [2.45, 2.75) is 20.8 Å². The maximum absolute atomic E-state index is 13.3. The van der Waals surface area contributed by atoms with Gasteiger partial charge in [-0.15, -0.1) is 0 Å². The maximum atomic E-state index is 13.3. The summed E-state index contributed by atoms with van der Waals surface area (Å²) in [5.41, 5.74) is 3.04. The maximum Gasteiger partial charge on any atom is 0.247 e. The molecule has 0 heterocycles. The molecule has 3 aromatic rings. The van der Waals surface area contributed by atoms with Crippen molar-refractivity contribution in [3.63, 3.8) is 0 Å². The van der Waals surface area contributed by atoms with E-state index >= 15 is 0 Å². The van der Waals surface area contributed by atoms with Gasteiger partial charge in [-0.3, -0.25) is 14.2 Å². The number of rotatable bonds is 7. The zero-order valence-electron chi connectivity index (χ0n) is 18.2. The minimum absolute atomic E-state index is 0.211. The Hall–Kier alpha value is -3.30. The lowest BCUT2D eigenvalue weighted by Crippen LogP contribution is -2.17. The summed E-state index contributed by atoms with van der Waals surface area (Å²) < 4.78 is 23.9. The molecule has 0 N–H and O–H groups in total. The number of carbonyl (C=O) groups excluding carboxylic acids is 2. The number of methoxy groups -OCH3 is 2. The summed E-state index contributed by atoms with van der Waals surface area (Å²) in [4.78, 5) is 26.5. The van der Waals surface area contributed by atoms with Crippen molar-refractivity contribution in [1.82, 2.24) is 0 Å². The first-order valence-electron chi connectivity index (χ1n) is 9.73. The van der Waals surface area contributed by atoms with Crippen LogP contribution in [0.5, 0.6) is 11.5 Å². The third-order valence-electron chi connectivity index (χ3n) is 5.10. The molecular formula is C25H24O5P. The van der Waals surface area contributed by atoms with Crippen molar-refractivity contribution in [2.75, 3.05) is 14.2 Å². The molecule has 0 saturated heterocycles. The Bertz CT molecular complexity index is 1170. The van der Waals surface area contributed by atoms with E-state index in [-0.39, 0.29) is 16.7 Å². The van der Waals surface area contributed by atoms with Gasteiger partial charge < -0.3 is 9.47 Å². The van der Waals surface area contributed by atoms with Crippen molar-refractivity contribution in [3.05, 3.63) is 88.0 Å². The van der Waals surface area contributed by atoms with Crippen molar-refractivity contribution >= 4 is 24.4 Å². The summed E-state index contributed by atoms with van der Waals surface area (Å²) in [5.74, 6) is 0.516. The van der Waals surface area contributed by atoms with Gasteiger partial charge in [-0.05, 0) is 56.2 Å². The molecule has 0 spiro atoms. The highest BCUT2D eigenvalue weighted by Crippen LogP contribution is 2.33. The second-order valence-corrected chi connectivity index (χ2v) is 8.76. The van der Waals surface area contributed by atoms with Crippen LogP contribution in [0.3, 0.4) is 0 Å². The van der Waals surface area contributed by atoms with Crippen molar-refractivity contribution in [2.24, 2.45) is 0 Å². The van der Waals surface area contributed by atoms with E-state index in [0.717, 1.165) is 16.7 Å². The summed E-state index contributed by atoms with van der Waals surface area (Å²) >= 11 is 0. The third kappa shape index (κ3) is 4.42. The van der Waals surface area contributed by atoms with Gasteiger partial charge in [0, 0.05) is 17.2 Å². The first-order valence-corrected chi connectivity index (χ1v) is 11.0. The van der Waals surface area contributed by atoms with Crippen LogP contribution in [0.1, 0.15) is 43.0 Å². The topological polar surface area (TPSA) is 69.7 Å². The fraction of sp³-hybridized carbons (Fsp3) is 0.200. The zero-order valence-corrected chi connectivity index (χ0v) is 19.1. The van der Waals surface area contributed by atoms with Crippen molar-refractivity contribution in [1.29, 1.82) is 0 Å². The first kappa shape index (κ1) is 22.4. The Labute approximate surface area is 182 Å². The molecule has 0 aliphatic rings. The summed E-state index contributed by atoms with van der Waals surface area (Å²) in [7, 11) is 0.490. The molecular weight excluding hydrogens is 411 g/mol. The van der Waals surface area contributed by atoms with E-state index in [9.17, 15) is 14.2 Å². The van der Waals surface area contributed by atoms with Gasteiger partial charge in [0.05, 0.1) is 25.1 Å². The third-order valence-corrected chi connectivity index (χ3v) is 6.52. The zero-order chi connectivity index (χ0) is 22.7. The number of ketones is 1. The first-order chi connectivity index (χ1) is 14.8. The van der Waals surface area contributed by atoms with E-state index in [2.05, 4.69) is 0 Å². The molecule has 6 heteroatoms. The monoisotopic (exact) mass is 435 g/mol. The number of aryl methyl sites for hydroxylation is 3. The molecule has 0 amide bonds. The summed E-state index contributed by atoms with van der Waals surface area (Å²) in [5, 5.41) is 0.213. The average Bonchev–Trinajstić information content (AvgIpc) is 2.76. The van der Waals surface area contributed by atoms with Crippen LogP contribution >= 0.6 is 7.80 Å². The Morgan fingerprint density at radius 3 is 2.06 bits per heavy atom. The molecule has 31 heavy (non-hydrogen) atoms. The van der Waals surface area contributed by atoms with Crippen LogP contribution in [-0.4, -0.2) is 25.5 Å².